The lowest BCUT2D eigenvalue weighted by Crippen LogP contribution is -1.98. The highest BCUT2D eigenvalue weighted by Crippen LogP contribution is 2.23. The summed E-state index contributed by atoms with van der Waals surface area (Å²) in [5.41, 5.74) is 2.47. The first kappa shape index (κ1) is 16.2. The van der Waals surface area contributed by atoms with E-state index in [0.29, 0.717) is 5.69 Å². The highest BCUT2D eigenvalue weighted by Gasteiger charge is 2.05. The summed E-state index contributed by atoms with van der Waals surface area (Å²) in [6.07, 6.45) is 1.34. The fraction of sp³-hybridized carbons (Fsp3) is 0. The number of rotatable bonds is 5. The Hall–Kier alpha value is -3.67. The molecule has 0 aliphatic rings. The average Bonchev–Trinajstić information content (AvgIpc) is 2.62. The van der Waals surface area contributed by atoms with Crippen molar-refractivity contribution < 1.29 is 10.0 Å². The monoisotopic (exact) mass is 332 g/mol. The van der Waals surface area contributed by atoms with Crippen LogP contribution in [0.15, 0.2) is 77.8 Å². The van der Waals surface area contributed by atoms with Crippen molar-refractivity contribution in [1.82, 2.24) is 0 Å². The summed E-state index contributed by atoms with van der Waals surface area (Å²) in [5.74, 6) is -0.312. The molecule has 1 N–H and O–H groups in total. The molecule has 0 amide bonds. The van der Waals surface area contributed by atoms with Crippen LogP contribution in [0.2, 0.25) is 0 Å². The zero-order valence-electron chi connectivity index (χ0n) is 13.1. The van der Waals surface area contributed by atoms with Crippen LogP contribution in [0.1, 0.15) is 5.56 Å². The molecule has 0 bridgehead atoms. The van der Waals surface area contributed by atoms with Gasteiger partial charge in [0.05, 0.1) is 10.6 Å². The third-order valence-corrected chi connectivity index (χ3v) is 3.47. The Morgan fingerprint density at radius 2 is 1.68 bits per heavy atom. The molecule has 0 spiro atoms. The SMILES string of the molecule is O=[N+]([O-])c1ccc([O-])c(C=Nc2cccc(Nc3ccccc3)c2)c1. The molecule has 0 saturated heterocycles. The molecule has 3 aromatic carbocycles. The fourth-order valence-corrected chi connectivity index (χ4v) is 2.25. The number of non-ortho nitro benzene ring substituents is 1. The predicted octanol–water partition coefficient (Wildman–Crippen LogP) is 4.16. The lowest BCUT2D eigenvalue weighted by Gasteiger charge is -2.09. The van der Waals surface area contributed by atoms with Gasteiger partial charge < -0.3 is 10.4 Å². The van der Waals surface area contributed by atoms with Gasteiger partial charge in [-0.25, -0.2) is 0 Å². The normalized spacial score (nSPS) is 10.7. The molecule has 0 atom stereocenters. The van der Waals surface area contributed by atoms with E-state index in [9.17, 15) is 15.2 Å². The molecule has 6 nitrogen and oxygen atoms in total. The van der Waals surface area contributed by atoms with Crippen LogP contribution in [0.5, 0.6) is 5.75 Å². The Kier molecular flexibility index (Phi) is 4.71. The molecule has 3 rings (SSSR count). The fourth-order valence-electron chi connectivity index (χ4n) is 2.25. The molecule has 0 saturated carbocycles. The summed E-state index contributed by atoms with van der Waals surface area (Å²) < 4.78 is 0. The molecule has 0 aliphatic carbocycles. The van der Waals surface area contributed by atoms with Crippen molar-refractivity contribution >= 4 is 29.0 Å². The van der Waals surface area contributed by atoms with Gasteiger partial charge in [0.1, 0.15) is 0 Å². The van der Waals surface area contributed by atoms with Crippen LogP contribution >= 0.6 is 0 Å². The lowest BCUT2D eigenvalue weighted by atomic mass is 10.2. The number of aliphatic imine (C=N–C) groups is 1. The van der Waals surface area contributed by atoms with Gasteiger partial charge in [-0.1, -0.05) is 36.1 Å². The number of para-hydroxylation sites is 1. The summed E-state index contributed by atoms with van der Waals surface area (Å²) >= 11 is 0. The molecule has 0 heterocycles. The summed E-state index contributed by atoms with van der Waals surface area (Å²) in [5, 5.41) is 25.9. The lowest BCUT2D eigenvalue weighted by molar-refractivity contribution is -0.385. The maximum Gasteiger partial charge on any atom is 0.270 e. The van der Waals surface area contributed by atoms with E-state index in [4.69, 9.17) is 0 Å². The van der Waals surface area contributed by atoms with Gasteiger partial charge in [-0.15, -0.1) is 0 Å². The van der Waals surface area contributed by atoms with Crippen molar-refractivity contribution in [2.75, 3.05) is 5.32 Å². The second kappa shape index (κ2) is 7.27. The van der Waals surface area contributed by atoms with Crippen LogP contribution in [0.3, 0.4) is 0 Å². The number of benzene rings is 3. The van der Waals surface area contributed by atoms with E-state index < -0.39 is 4.92 Å². The standard InChI is InChI=1S/C19H15N3O3/c23-19-10-9-18(22(24)25)11-14(19)13-20-16-7-4-8-17(12-16)21-15-5-2-1-3-6-15/h1-13,21,23H/p-1. The molecule has 3 aromatic rings. The van der Waals surface area contributed by atoms with Crippen LogP contribution in [0.25, 0.3) is 0 Å². The summed E-state index contributed by atoms with van der Waals surface area (Å²) in [6, 6.07) is 20.6. The Morgan fingerprint density at radius 1 is 0.920 bits per heavy atom. The van der Waals surface area contributed by atoms with E-state index in [1.807, 2.05) is 48.5 Å². The number of nitrogens with zero attached hydrogens (tertiary/aromatic N) is 2. The highest BCUT2D eigenvalue weighted by molar-refractivity contribution is 5.86. The maximum absolute atomic E-state index is 11.8. The summed E-state index contributed by atoms with van der Waals surface area (Å²) in [7, 11) is 0. The number of hydrogen-bond donors (Lipinski definition) is 1. The maximum atomic E-state index is 11.8. The van der Waals surface area contributed by atoms with E-state index in [1.54, 1.807) is 6.07 Å². The zero-order valence-corrected chi connectivity index (χ0v) is 13.1. The van der Waals surface area contributed by atoms with Crippen LogP contribution in [-0.4, -0.2) is 11.1 Å². The van der Waals surface area contributed by atoms with Gasteiger partial charge in [-0.05, 0) is 35.9 Å². The first-order chi connectivity index (χ1) is 12.1. The highest BCUT2D eigenvalue weighted by atomic mass is 16.6. The largest absolute Gasteiger partial charge is 0.872 e. The Balaban J connectivity index is 1.81. The van der Waals surface area contributed by atoms with Crippen molar-refractivity contribution in [2.24, 2.45) is 4.99 Å². The smallest absolute Gasteiger partial charge is 0.270 e. The Bertz CT molecular complexity index is 924. The first-order valence-corrected chi connectivity index (χ1v) is 7.53. The molecule has 124 valence electrons. The first-order valence-electron chi connectivity index (χ1n) is 7.53. The van der Waals surface area contributed by atoms with Gasteiger partial charge in [-0.3, -0.25) is 15.1 Å². The van der Waals surface area contributed by atoms with Gasteiger partial charge in [0, 0.05) is 29.7 Å². The topological polar surface area (TPSA) is 90.6 Å². The van der Waals surface area contributed by atoms with Crippen molar-refractivity contribution in [1.29, 1.82) is 0 Å². The van der Waals surface area contributed by atoms with Crippen molar-refractivity contribution in [3.63, 3.8) is 0 Å². The summed E-state index contributed by atoms with van der Waals surface area (Å²) in [6.45, 7) is 0. The average molecular weight is 332 g/mol. The van der Waals surface area contributed by atoms with Crippen molar-refractivity contribution in [3.8, 4) is 5.75 Å². The van der Waals surface area contributed by atoms with E-state index in [-0.39, 0.29) is 17.0 Å². The third-order valence-electron chi connectivity index (χ3n) is 3.47. The van der Waals surface area contributed by atoms with Crippen LogP contribution < -0.4 is 10.4 Å². The van der Waals surface area contributed by atoms with E-state index in [1.165, 1.54) is 24.4 Å². The minimum absolute atomic E-state index is 0.138. The Labute approximate surface area is 144 Å². The molecule has 0 radical (unpaired) electrons. The second-order valence-corrected chi connectivity index (χ2v) is 5.28. The number of nitro groups is 1. The number of hydrogen-bond acceptors (Lipinski definition) is 5. The zero-order chi connectivity index (χ0) is 17.6. The van der Waals surface area contributed by atoms with Crippen LogP contribution in [0, 0.1) is 10.1 Å². The van der Waals surface area contributed by atoms with Gasteiger partial charge >= 0.3 is 0 Å². The number of nitrogens with one attached hydrogen (secondary N) is 1. The summed E-state index contributed by atoms with van der Waals surface area (Å²) in [4.78, 5) is 14.5. The number of anilines is 2. The van der Waals surface area contributed by atoms with E-state index in [2.05, 4.69) is 10.3 Å². The molecule has 0 aliphatic heterocycles. The number of nitro benzene ring substituents is 1. The molecule has 6 heteroatoms. The molecule has 25 heavy (non-hydrogen) atoms. The van der Waals surface area contributed by atoms with E-state index >= 15 is 0 Å². The van der Waals surface area contributed by atoms with Crippen molar-refractivity contribution in [3.05, 3.63) is 88.5 Å². The molecule has 0 fully saturated rings. The van der Waals surface area contributed by atoms with Crippen molar-refractivity contribution in [2.45, 2.75) is 0 Å². The molecular formula is C19H14N3O3-. The molecular weight excluding hydrogens is 318 g/mol. The second-order valence-electron chi connectivity index (χ2n) is 5.28. The minimum Gasteiger partial charge on any atom is -0.872 e. The van der Waals surface area contributed by atoms with Gasteiger partial charge in [0.25, 0.3) is 5.69 Å². The predicted molar refractivity (Wildman–Crippen MR) is 96.0 cm³/mol. The van der Waals surface area contributed by atoms with Gasteiger partial charge in [0.2, 0.25) is 0 Å². The minimum atomic E-state index is -0.540. The Morgan fingerprint density at radius 3 is 2.44 bits per heavy atom. The van der Waals surface area contributed by atoms with E-state index in [0.717, 1.165) is 11.4 Å². The van der Waals surface area contributed by atoms with Crippen LogP contribution in [0.4, 0.5) is 22.7 Å². The molecule has 0 unspecified atom stereocenters. The third kappa shape index (κ3) is 4.20. The van der Waals surface area contributed by atoms with Gasteiger partial charge in [0.15, 0.2) is 0 Å². The van der Waals surface area contributed by atoms with Gasteiger partial charge in [-0.2, -0.15) is 0 Å². The quantitative estimate of drug-likeness (QED) is 0.431. The molecule has 0 aromatic heterocycles. The van der Waals surface area contributed by atoms with Crippen LogP contribution in [-0.2, 0) is 0 Å².